The number of ether oxygens (including phenoxy) is 3. The zero-order chi connectivity index (χ0) is 14.6. The lowest BCUT2D eigenvalue weighted by Crippen LogP contribution is -2.09. The summed E-state index contributed by atoms with van der Waals surface area (Å²) in [5, 5.41) is 16.5. The molecule has 0 atom stereocenters. The van der Waals surface area contributed by atoms with Gasteiger partial charge >= 0.3 is 0 Å². The molecule has 7 nitrogen and oxygen atoms in total. The number of nitrogens with two attached hydrogens (primary N) is 2. The van der Waals surface area contributed by atoms with Crippen LogP contribution < -0.4 is 11.5 Å². The summed E-state index contributed by atoms with van der Waals surface area (Å²) in [6.45, 7) is 4.70. The van der Waals surface area contributed by atoms with Crippen molar-refractivity contribution < 1.29 is 24.4 Å². The molecular formula is C12H30N2O5. The predicted octanol–water partition coefficient (Wildman–Crippen LogP) is -1.30. The lowest BCUT2D eigenvalue weighted by Gasteiger charge is -2.01. The summed E-state index contributed by atoms with van der Waals surface area (Å²) in [4.78, 5) is 0. The smallest absolute Gasteiger partial charge is 0.0701 e. The summed E-state index contributed by atoms with van der Waals surface area (Å²) in [6.07, 6.45) is 1.90. The first-order valence-corrected chi connectivity index (χ1v) is 6.68. The normalized spacial score (nSPS) is 10.1. The van der Waals surface area contributed by atoms with Crippen LogP contribution in [0.15, 0.2) is 0 Å². The van der Waals surface area contributed by atoms with Crippen molar-refractivity contribution in [3.8, 4) is 0 Å². The molecule has 0 aliphatic carbocycles. The standard InChI is InChI=1S/C6H16N2O.C6H14O4/c7-3-1-5-9-6-2-4-8;7-1-3-9-5-6-10-4-2-8/h1-8H2;7-8H,1-6H2. The maximum Gasteiger partial charge on any atom is 0.0701 e. The maximum absolute atomic E-state index is 8.26. The molecule has 0 radical (unpaired) electrons. The topological polar surface area (TPSA) is 120 Å². The van der Waals surface area contributed by atoms with Crippen LogP contribution in [0.1, 0.15) is 12.8 Å². The van der Waals surface area contributed by atoms with Gasteiger partial charge in [0, 0.05) is 13.2 Å². The predicted molar refractivity (Wildman–Crippen MR) is 74.0 cm³/mol. The van der Waals surface area contributed by atoms with Crippen LogP contribution in [0.4, 0.5) is 0 Å². The van der Waals surface area contributed by atoms with E-state index in [-0.39, 0.29) is 13.2 Å². The molecule has 0 saturated heterocycles. The van der Waals surface area contributed by atoms with E-state index in [1.807, 2.05) is 0 Å². The molecule has 0 heterocycles. The molecule has 0 bridgehead atoms. The van der Waals surface area contributed by atoms with Crippen molar-refractivity contribution in [2.24, 2.45) is 11.5 Å². The molecular weight excluding hydrogens is 252 g/mol. The summed E-state index contributed by atoms with van der Waals surface area (Å²) in [5.74, 6) is 0. The zero-order valence-corrected chi connectivity index (χ0v) is 11.8. The minimum atomic E-state index is 0.0417. The molecule has 0 aromatic rings. The number of aliphatic hydroxyl groups excluding tert-OH is 2. The summed E-state index contributed by atoms with van der Waals surface area (Å²) in [7, 11) is 0. The molecule has 0 spiro atoms. The Morgan fingerprint density at radius 2 is 0.947 bits per heavy atom. The van der Waals surface area contributed by atoms with Gasteiger partial charge in [-0.2, -0.15) is 0 Å². The van der Waals surface area contributed by atoms with Gasteiger partial charge in [0.15, 0.2) is 0 Å². The van der Waals surface area contributed by atoms with Crippen LogP contribution in [0, 0.1) is 0 Å². The Bertz CT molecular complexity index is 127. The molecule has 0 aliphatic heterocycles. The van der Waals surface area contributed by atoms with E-state index in [0.717, 1.165) is 26.1 Å². The summed E-state index contributed by atoms with van der Waals surface area (Å²) in [6, 6.07) is 0. The van der Waals surface area contributed by atoms with Crippen LogP contribution in [0.3, 0.4) is 0 Å². The Labute approximate surface area is 115 Å². The van der Waals surface area contributed by atoms with Gasteiger partial charge in [-0.1, -0.05) is 0 Å². The van der Waals surface area contributed by atoms with E-state index in [1.165, 1.54) is 0 Å². The average Bonchev–Trinajstić information content (AvgIpc) is 2.43. The minimum Gasteiger partial charge on any atom is -0.394 e. The van der Waals surface area contributed by atoms with E-state index >= 15 is 0 Å². The molecule has 7 heteroatoms. The highest BCUT2D eigenvalue weighted by atomic mass is 16.5. The molecule has 0 amide bonds. The highest BCUT2D eigenvalue weighted by Gasteiger charge is 1.86. The van der Waals surface area contributed by atoms with Crippen molar-refractivity contribution in [2.75, 3.05) is 65.9 Å². The molecule has 0 fully saturated rings. The fraction of sp³-hybridized carbons (Fsp3) is 1.00. The van der Waals surface area contributed by atoms with Gasteiger partial charge in [-0.25, -0.2) is 0 Å². The zero-order valence-electron chi connectivity index (χ0n) is 11.8. The average molecular weight is 282 g/mol. The number of hydrogen-bond acceptors (Lipinski definition) is 7. The molecule has 0 rings (SSSR count). The van der Waals surface area contributed by atoms with Crippen LogP contribution in [-0.2, 0) is 14.2 Å². The van der Waals surface area contributed by atoms with Gasteiger partial charge in [0.25, 0.3) is 0 Å². The fourth-order valence-electron chi connectivity index (χ4n) is 0.924. The van der Waals surface area contributed by atoms with Crippen LogP contribution in [0.25, 0.3) is 0 Å². The van der Waals surface area contributed by atoms with Crippen LogP contribution in [0.5, 0.6) is 0 Å². The van der Waals surface area contributed by atoms with Crippen molar-refractivity contribution in [3.05, 3.63) is 0 Å². The second-order valence-electron chi connectivity index (χ2n) is 3.57. The molecule has 0 aromatic carbocycles. The first-order chi connectivity index (χ1) is 9.33. The Morgan fingerprint density at radius 3 is 1.26 bits per heavy atom. The fourth-order valence-corrected chi connectivity index (χ4v) is 0.924. The van der Waals surface area contributed by atoms with E-state index in [0.29, 0.717) is 39.5 Å². The second-order valence-corrected chi connectivity index (χ2v) is 3.57. The van der Waals surface area contributed by atoms with Crippen LogP contribution in [-0.4, -0.2) is 76.2 Å². The van der Waals surface area contributed by atoms with Crippen LogP contribution in [0.2, 0.25) is 0 Å². The molecule has 19 heavy (non-hydrogen) atoms. The molecule has 0 aromatic heterocycles. The first kappa shape index (κ1) is 21.0. The highest BCUT2D eigenvalue weighted by molar-refractivity contribution is 4.38. The minimum absolute atomic E-state index is 0.0417. The SMILES string of the molecule is NCCCOCCCN.OCCOCCOCCO. The summed E-state index contributed by atoms with van der Waals surface area (Å²) >= 11 is 0. The Balaban J connectivity index is 0. The largest absolute Gasteiger partial charge is 0.394 e. The third-order valence-electron chi connectivity index (χ3n) is 1.83. The third-order valence-corrected chi connectivity index (χ3v) is 1.83. The highest BCUT2D eigenvalue weighted by Crippen LogP contribution is 1.81. The number of rotatable bonds is 13. The van der Waals surface area contributed by atoms with Gasteiger partial charge in [-0.15, -0.1) is 0 Å². The third kappa shape index (κ3) is 27.1. The Morgan fingerprint density at radius 1 is 0.579 bits per heavy atom. The van der Waals surface area contributed by atoms with E-state index in [9.17, 15) is 0 Å². The van der Waals surface area contributed by atoms with Gasteiger partial charge in [-0.3, -0.25) is 0 Å². The number of hydrogen-bond donors (Lipinski definition) is 4. The van der Waals surface area contributed by atoms with E-state index in [4.69, 9.17) is 35.9 Å². The van der Waals surface area contributed by atoms with E-state index < -0.39 is 0 Å². The second kappa shape index (κ2) is 22.9. The van der Waals surface area contributed by atoms with Gasteiger partial charge in [0.05, 0.1) is 39.6 Å². The van der Waals surface area contributed by atoms with Crippen molar-refractivity contribution in [1.29, 1.82) is 0 Å². The molecule has 6 N–H and O–H groups in total. The molecule has 0 unspecified atom stereocenters. The lowest BCUT2D eigenvalue weighted by molar-refractivity contribution is 0.0222. The van der Waals surface area contributed by atoms with Crippen molar-refractivity contribution in [3.63, 3.8) is 0 Å². The Hall–Kier alpha value is -0.280. The molecule has 118 valence electrons. The molecule has 0 saturated carbocycles. The van der Waals surface area contributed by atoms with Gasteiger partial charge in [-0.05, 0) is 25.9 Å². The molecule has 0 aliphatic rings. The van der Waals surface area contributed by atoms with Gasteiger partial charge in [0.2, 0.25) is 0 Å². The van der Waals surface area contributed by atoms with E-state index in [2.05, 4.69) is 0 Å². The quantitative estimate of drug-likeness (QED) is 0.310. The maximum atomic E-state index is 8.26. The van der Waals surface area contributed by atoms with E-state index in [1.54, 1.807) is 0 Å². The van der Waals surface area contributed by atoms with Crippen LogP contribution >= 0.6 is 0 Å². The lowest BCUT2D eigenvalue weighted by atomic mass is 10.4. The van der Waals surface area contributed by atoms with Crippen molar-refractivity contribution >= 4 is 0 Å². The first-order valence-electron chi connectivity index (χ1n) is 6.68. The van der Waals surface area contributed by atoms with Gasteiger partial charge in [0.1, 0.15) is 0 Å². The summed E-state index contributed by atoms with van der Waals surface area (Å²) < 4.78 is 14.9. The monoisotopic (exact) mass is 282 g/mol. The van der Waals surface area contributed by atoms with Crippen molar-refractivity contribution in [2.45, 2.75) is 12.8 Å². The van der Waals surface area contributed by atoms with Crippen molar-refractivity contribution in [1.82, 2.24) is 0 Å². The van der Waals surface area contributed by atoms with Gasteiger partial charge < -0.3 is 35.9 Å². The summed E-state index contributed by atoms with van der Waals surface area (Å²) in [5.41, 5.74) is 10.5. The number of aliphatic hydroxyl groups is 2. The Kier molecular flexibility index (Phi) is 25.3.